The van der Waals surface area contributed by atoms with E-state index in [-0.39, 0.29) is 36.5 Å². The second kappa shape index (κ2) is 19.5. The maximum Gasteiger partial charge on any atom is 0.247 e. The number of carbonyl (C=O) groups excluding carboxylic acids is 3. The molecule has 0 saturated carbocycles. The fourth-order valence-electron chi connectivity index (χ4n) is 8.29. The third-order valence-electron chi connectivity index (χ3n) is 11.7. The summed E-state index contributed by atoms with van der Waals surface area (Å²) in [4.78, 5) is 42.8. The number of rotatable bonds is 16. The number of piperidine rings is 1. The van der Waals surface area contributed by atoms with Gasteiger partial charge in [-0.3, -0.25) is 14.4 Å². The number of nitrogen functional groups attached to an aromatic ring is 1. The lowest BCUT2D eigenvalue weighted by Gasteiger charge is -2.45. The van der Waals surface area contributed by atoms with Crippen molar-refractivity contribution in [2.45, 2.75) is 95.0 Å². The van der Waals surface area contributed by atoms with Gasteiger partial charge in [-0.2, -0.15) is 0 Å². The van der Waals surface area contributed by atoms with Crippen LogP contribution in [0.1, 0.15) is 92.4 Å². The first-order valence-electron chi connectivity index (χ1n) is 20.6. The van der Waals surface area contributed by atoms with Gasteiger partial charge in [0.15, 0.2) is 6.29 Å². The van der Waals surface area contributed by atoms with Crippen LogP contribution in [0.5, 0.6) is 0 Å². The molecule has 4 aromatic carbocycles. The second-order valence-electron chi connectivity index (χ2n) is 15.7. The Labute approximate surface area is 341 Å². The van der Waals surface area contributed by atoms with Crippen molar-refractivity contribution in [3.05, 3.63) is 125 Å². The smallest absolute Gasteiger partial charge is 0.247 e. The van der Waals surface area contributed by atoms with E-state index in [1.807, 2.05) is 78.9 Å². The SMILES string of the molecule is Nc1ccccc1NC(=O)CCCCCCC(=O)NCc1ccc([C@@H]2O[C@H](CN3CCC4(CC3)C(=O)NCN4c3ccccc3)C[C@H](c3ccc(CO)cc3)O2)cc1. The molecule has 6 N–H and O–H groups in total. The van der Waals surface area contributed by atoms with Gasteiger partial charge in [0, 0.05) is 56.7 Å². The lowest BCUT2D eigenvalue weighted by molar-refractivity contribution is -0.253. The highest BCUT2D eigenvalue weighted by molar-refractivity contribution is 5.94. The first kappa shape index (κ1) is 40.9. The molecule has 3 saturated heterocycles. The minimum atomic E-state index is -0.585. The van der Waals surface area contributed by atoms with E-state index >= 15 is 0 Å². The van der Waals surface area contributed by atoms with Crippen LogP contribution in [0, 0.1) is 0 Å². The predicted octanol–water partition coefficient (Wildman–Crippen LogP) is 6.33. The zero-order valence-electron chi connectivity index (χ0n) is 33.1. The molecule has 0 aliphatic carbocycles. The molecule has 3 heterocycles. The zero-order valence-corrected chi connectivity index (χ0v) is 33.1. The number of aliphatic hydroxyl groups is 1. The van der Waals surface area contributed by atoms with Gasteiger partial charge in [-0.25, -0.2) is 0 Å². The number of nitrogens with zero attached hydrogens (tertiary/aromatic N) is 2. The summed E-state index contributed by atoms with van der Waals surface area (Å²) in [6.45, 7) is 3.21. The lowest BCUT2D eigenvalue weighted by atomic mass is 9.85. The van der Waals surface area contributed by atoms with Crippen molar-refractivity contribution in [3.8, 4) is 0 Å². The van der Waals surface area contributed by atoms with Gasteiger partial charge in [0.25, 0.3) is 0 Å². The van der Waals surface area contributed by atoms with Crippen molar-refractivity contribution in [3.63, 3.8) is 0 Å². The Balaban J connectivity index is 0.889. The van der Waals surface area contributed by atoms with E-state index < -0.39 is 11.8 Å². The Morgan fingerprint density at radius 3 is 2.16 bits per heavy atom. The number of unbranched alkanes of at least 4 members (excludes halogenated alkanes) is 3. The van der Waals surface area contributed by atoms with Crippen LogP contribution in [0.2, 0.25) is 0 Å². The summed E-state index contributed by atoms with van der Waals surface area (Å²) in [5.74, 6) is 0.0527. The molecule has 3 aliphatic heterocycles. The number of nitrogens with one attached hydrogen (secondary N) is 3. The summed E-state index contributed by atoms with van der Waals surface area (Å²) in [7, 11) is 0. The number of amides is 3. The second-order valence-corrected chi connectivity index (χ2v) is 15.7. The third-order valence-corrected chi connectivity index (χ3v) is 11.7. The molecule has 0 radical (unpaired) electrons. The minimum Gasteiger partial charge on any atom is -0.397 e. The number of nitrogens with two attached hydrogens (primary N) is 1. The molecule has 7 rings (SSSR count). The molecule has 12 nitrogen and oxygen atoms in total. The van der Waals surface area contributed by atoms with E-state index in [0.717, 1.165) is 86.1 Å². The average molecular weight is 789 g/mol. The highest BCUT2D eigenvalue weighted by atomic mass is 16.7. The molecule has 58 heavy (non-hydrogen) atoms. The fourth-order valence-corrected chi connectivity index (χ4v) is 8.29. The maximum atomic E-state index is 13.3. The van der Waals surface area contributed by atoms with Gasteiger partial charge in [0.1, 0.15) is 5.54 Å². The number of para-hydroxylation sites is 3. The Morgan fingerprint density at radius 2 is 1.45 bits per heavy atom. The lowest BCUT2D eigenvalue weighted by Crippen LogP contribution is -2.57. The van der Waals surface area contributed by atoms with Crippen LogP contribution in [0.3, 0.4) is 0 Å². The highest BCUT2D eigenvalue weighted by Crippen LogP contribution is 2.40. The standard InChI is InChI=1S/C46H56N6O6/c47-39-12-8-9-13-40(39)50-43(55)15-7-2-1-6-14-42(54)48-29-33-16-22-36(23-17-33)44-57-38(28-41(58-44)35-20-18-34(31-53)19-21-35)30-51-26-24-46(25-27-51)45(56)49-32-52(46)37-10-4-3-5-11-37/h3-5,8-13,16-23,38,41,44,53H,1-2,6-7,14-15,24-32,47H2,(H,48,54)(H,49,56)(H,50,55)/t38-,41+,44+/m0/s1. The van der Waals surface area contributed by atoms with Gasteiger partial charge >= 0.3 is 0 Å². The van der Waals surface area contributed by atoms with E-state index in [0.29, 0.717) is 43.9 Å². The molecule has 1 spiro atoms. The van der Waals surface area contributed by atoms with Crippen molar-refractivity contribution < 1.29 is 29.0 Å². The van der Waals surface area contributed by atoms with Gasteiger partial charge in [0.2, 0.25) is 17.7 Å². The van der Waals surface area contributed by atoms with E-state index in [2.05, 4.69) is 37.9 Å². The Hall–Kier alpha value is -5.27. The van der Waals surface area contributed by atoms with Crippen LogP contribution < -0.4 is 26.6 Å². The Morgan fingerprint density at radius 1 is 0.793 bits per heavy atom. The molecule has 3 atom stereocenters. The Kier molecular flexibility index (Phi) is 13.7. The monoisotopic (exact) mass is 788 g/mol. The van der Waals surface area contributed by atoms with Crippen LogP contribution in [-0.2, 0) is 37.0 Å². The average Bonchev–Trinajstić information content (AvgIpc) is 3.57. The van der Waals surface area contributed by atoms with Crippen LogP contribution in [0.15, 0.2) is 103 Å². The molecular formula is C46H56N6O6. The van der Waals surface area contributed by atoms with Gasteiger partial charge in [-0.15, -0.1) is 0 Å². The summed E-state index contributed by atoms with van der Waals surface area (Å²) < 4.78 is 13.3. The molecule has 0 bridgehead atoms. The zero-order chi connectivity index (χ0) is 40.3. The van der Waals surface area contributed by atoms with E-state index in [4.69, 9.17) is 15.2 Å². The maximum absolute atomic E-state index is 13.3. The molecular weight excluding hydrogens is 733 g/mol. The van der Waals surface area contributed by atoms with Crippen molar-refractivity contribution in [1.29, 1.82) is 0 Å². The number of anilines is 3. The summed E-state index contributed by atoms with van der Waals surface area (Å²) in [6.07, 6.45) is 5.37. The summed E-state index contributed by atoms with van der Waals surface area (Å²) >= 11 is 0. The van der Waals surface area contributed by atoms with Crippen LogP contribution in [0.25, 0.3) is 0 Å². The number of hydrogen-bond acceptors (Lipinski definition) is 9. The molecule has 3 amide bonds. The largest absolute Gasteiger partial charge is 0.397 e. The first-order valence-corrected chi connectivity index (χ1v) is 20.6. The number of aliphatic hydroxyl groups excluding tert-OH is 1. The van der Waals surface area contributed by atoms with E-state index in [1.54, 1.807) is 12.1 Å². The summed E-state index contributed by atoms with van der Waals surface area (Å²) in [6, 6.07) is 33.3. The number of likely N-dealkylation sites (tertiary alicyclic amines) is 1. The Bertz CT molecular complexity index is 1970. The fraction of sp³-hybridized carbons (Fsp3) is 0.413. The van der Waals surface area contributed by atoms with Crippen molar-refractivity contribution in [2.75, 3.05) is 42.3 Å². The van der Waals surface area contributed by atoms with Gasteiger partial charge in [-0.1, -0.05) is 91.7 Å². The molecule has 4 aromatic rings. The predicted molar refractivity (Wildman–Crippen MR) is 224 cm³/mol. The van der Waals surface area contributed by atoms with Crippen molar-refractivity contribution in [2.24, 2.45) is 0 Å². The highest BCUT2D eigenvalue weighted by Gasteiger charge is 2.50. The number of ether oxygens (including phenoxy) is 2. The number of carbonyl (C=O) groups is 3. The third kappa shape index (κ3) is 10.2. The van der Waals surface area contributed by atoms with E-state index in [1.165, 1.54) is 0 Å². The van der Waals surface area contributed by atoms with Crippen LogP contribution in [-0.4, -0.2) is 65.7 Å². The summed E-state index contributed by atoms with van der Waals surface area (Å²) in [5, 5.41) is 18.6. The van der Waals surface area contributed by atoms with Crippen molar-refractivity contribution in [1.82, 2.24) is 15.5 Å². The van der Waals surface area contributed by atoms with Gasteiger partial charge < -0.3 is 46.1 Å². The van der Waals surface area contributed by atoms with Crippen molar-refractivity contribution >= 4 is 34.8 Å². The quantitative estimate of drug-likeness (QED) is 0.0647. The number of hydrogen-bond donors (Lipinski definition) is 5. The van der Waals surface area contributed by atoms with E-state index in [9.17, 15) is 19.5 Å². The van der Waals surface area contributed by atoms with Crippen LogP contribution >= 0.6 is 0 Å². The first-order chi connectivity index (χ1) is 28.3. The topological polar surface area (TPSA) is 158 Å². The minimum absolute atomic E-state index is 0.00295. The van der Waals surface area contributed by atoms with Crippen LogP contribution in [0.4, 0.5) is 17.1 Å². The number of benzene rings is 4. The summed E-state index contributed by atoms with van der Waals surface area (Å²) in [5.41, 5.74) is 11.4. The van der Waals surface area contributed by atoms with Gasteiger partial charge in [-0.05, 0) is 66.6 Å². The molecule has 12 heteroatoms. The molecule has 3 fully saturated rings. The molecule has 0 aromatic heterocycles. The molecule has 3 aliphatic rings. The molecule has 306 valence electrons. The normalized spacial score (nSPS) is 20.5. The van der Waals surface area contributed by atoms with Gasteiger partial charge in [0.05, 0.1) is 36.9 Å². The molecule has 0 unspecified atom stereocenters.